The predicted octanol–water partition coefficient (Wildman–Crippen LogP) is 2.97. The first kappa shape index (κ1) is 14.9. The number of hydrogen-bond donors (Lipinski definition) is 2. The van der Waals surface area contributed by atoms with Crippen LogP contribution >= 0.6 is 11.6 Å². The average molecular weight is 295 g/mol. The Bertz CT molecular complexity index is 487. The van der Waals surface area contributed by atoms with Crippen molar-refractivity contribution in [2.24, 2.45) is 5.92 Å². The van der Waals surface area contributed by atoms with Crippen LogP contribution in [0, 0.1) is 5.92 Å². The molecule has 0 spiro atoms. The van der Waals surface area contributed by atoms with E-state index in [4.69, 9.17) is 11.6 Å². The summed E-state index contributed by atoms with van der Waals surface area (Å²) in [6.07, 6.45) is 4.35. The van der Waals surface area contributed by atoms with Crippen molar-refractivity contribution in [1.82, 2.24) is 5.32 Å². The molecule has 1 aliphatic rings. The Hall–Kier alpha value is -1.55. The van der Waals surface area contributed by atoms with Crippen LogP contribution in [0.4, 0.5) is 5.69 Å². The van der Waals surface area contributed by atoms with Crippen molar-refractivity contribution in [2.45, 2.75) is 38.6 Å². The molecule has 4 nitrogen and oxygen atoms in total. The summed E-state index contributed by atoms with van der Waals surface area (Å²) in [5, 5.41) is 5.97. The minimum atomic E-state index is -0.634. The van der Waals surface area contributed by atoms with E-state index in [1.54, 1.807) is 24.3 Å². The maximum absolute atomic E-state index is 11.9. The third-order valence-electron chi connectivity index (χ3n) is 3.74. The summed E-state index contributed by atoms with van der Waals surface area (Å²) in [4.78, 5) is 23.7. The number of hydrogen-bond acceptors (Lipinski definition) is 2. The standard InChI is InChI=1S/C15H19ClN2O2/c1-10-4-2-3-5-13(10)18-15(20)14(19)17-12-8-6-11(16)7-9-12/h6-10,13H,2-5H2,1H3,(H,17,19)(H,18,20)/t10-,13+/m0/s1. The number of benzene rings is 1. The smallest absolute Gasteiger partial charge is 0.313 e. The zero-order valence-electron chi connectivity index (χ0n) is 11.5. The highest BCUT2D eigenvalue weighted by Crippen LogP contribution is 2.23. The van der Waals surface area contributed by atoms with Crippen LogP contribution in [0.25, 0.3) is 0 Å². The Morgan fingerprint density at radius 3 is 2.40 bits per heavy atom. The van der Waals surface area contributed by atoms with Crippen LogP contribution in [0.2, 0.25) is 5.02 Å². The maximum Gasteiger partial charge on any atom is 0.313 e. The zero-order chi connectivity index (χ0) is 14.5. The Labute approximate surface area is 123 Å². The average Bonchev–Trinajstić information content (AvgIpc) is 2.44. The summed E-state index contributed by atoms with van der Waals surface area (Å²) in [7, 11) is 0. The molecule has 2 rings (SSSR count). The molecule has 1 aromatic rings. The molecule has 0 radical (unpaired) electrons. The largest absolute Gasteiger partial charge is 0.345 e. The molecule has 1 saturated carbocycles. The molecule has 2 amide bonds. The number of anilines is 1. The van der Waals surface area contributed by atoms with Gasteiger partial charge < -0.3 is 10.6 Å². The molecule has 5 heteroatoms. The van der Waals surface area contributed by atoms with Gasteiger partial charge in [0.1, 0.15) is 0 Å². The van der Waals surface area contributed by atoms with Gasteiger partial charge in [0.15, 0.2) is 0 Å². The van der Waals surface area contributed by atoms with E-state index in [-0.39, 0.29) is 6.04 Å². The minimum Gasteiger partial charge on any atom is -0.345 e. The van der Waals surface area contributed by atoms with Gasteiger partial charge in [-0.1, -0.05) is 31.4 Å². The fourth-order valence-corrected chi connectivity index (χ4v) is 2.61. The highest BCUT2D eigenvalue weighted by atomic mass is 35.5. The zero-order valence-corrected chi connectivity index (χ0v) is 12.2. The van der Waals surface area contributed by atoms with E-state index in [0.717, 1.165) is 19.3 Å². The Balaban J connectivity index is 1.88. The SMILES string of the molecule is C[C@H]1CCCC[C@H]1NC(=O)C(=O)Nc1ccc(Cl)cc1. The second kappa shape index (κ2) is 6.75. The molecular weight excluding hydrogens is 276 g/mol. The van der Waals surface area contributed by atoms with Crippen molar-refractivity contribution in [1.29, 1.82) is 0 Å². The number of rotatable bonds is 2. The fourth-order valence-electron chi connectivity index (χ4n) is 2.49. The van der Waals surface area contributed by atoms with E-state index in [9.17, 15) is 9.59 Å². The number of carbonyl (C=O) groups is 2. The lowest BCUT2D eigenvalue weighted by Gasteiger charge is -2.29. The van der Waals surface area contributed by atoms with Gasteiger partial charge in [-0.3, -0.25) is 9.59 Å². The van der Waals surface area contributed by atoms with Gasteiger partial charge in [0.05, 0.1) is 0 Å². The maximum atomic E-state index is 11.9. The van der Waals surface area contributed by atoms with Gasteiger partial charge in [-0.05, 0) is 43.0 Å². The van der Waals surface area contributed by atoms with Crippen LogP contribution in [0.3, 0.4) is 0 Å². The van der Waals surface area contributed by atoms with Crippen molar-refractivity contribution < 1.29 is 9.59 Å². The molecule has 1 aromatic carbocycles. The predicted molar refractivity (Wildman–Crippen MR) is 79.6 cm³/mol. The molecular formula is C15H19ClN2O2. The van der Waals surface area contributed by atoms with Crippen LogP contribution in [-0.4, -0.2) is 17.9 Å². The summed E-state index contributed by atoms with van der Waals surface area (Å²) in [6.45, 7) is 2.11. The molecule has 0 bridgehead atoms. The van der Waals surface area contributed by atoms with Gasteiger partial charge in [-0.2, -0.15) is 0 Å². The molecule has 2 atom stereocenters. The molecule has 2 N–H and O–H groups in total. The molecule has 0 saturated heterocycles. The first-order chi connectivity index (χ1) is 9.56. The Kier molecular flexibility index (Phi) is 5.01. The third-order valence-corrected chi connectivity index (χ3v) is 3.99. The summed E-state index contributed by atoms with van der Waals surface area (Å²) in [6, 6.07) is 6.76. The van der Waals surface area contributed by atoms with Crippen molar-refractivity contribution in [3.63, 3.8) is 0 Å². The van der Waals surface area contributed by atoms with Gasteiger partial charge in [0, 0.05) is 16.8 Å². The van der Waals surface area contributed by atoms with Crippen LogP contribution in [0.5, 0.6) is 0 Å². The van der Waals surface area contributed by atoms with Crippen LogP contribution in [-0.2, 0) is 9.59 Å². The van der Waals surface area contributed by atoms with E-state index in [1.807, 2.05) is 0 Å². The number of amides is 2. The third kappa shape index (κ3) is 3.97. The molecule has 0 unspecified atom stereocenters. The summed E-state index contributed by atoms with van der Waals surface area (Å²) >= 11 is 5.76. The topological polar surface area (TPSA) is 58.2 Å². The summed E-state index contributed by atoms with van der Waals surface area (Å²) < 4.78 is 0. The van der Waals surface area contributed by atoms with Gasteiger partial charge in [-0.15, -0.1) is 0 Å². The summed E-state index contributed by atoms with van der Waals surface area (Å²) in [5.74, 6) is -0.778. The monoisotopic (exact) mass is 294 g/mol. The van der Waals surface area contributed by atoms with E-state index >= 15 is 0 Å². The number of halogens is 1. The number of nitrogens with one attached hydrogen (secondary N) is 2. The van der Waals surface area contributed by atoms with Crippen LogP contribution in [0.1, 0.15) is 32.6 Å². The van der Waals surface area contributed by atoms with Crippen LogP contribution in [0.15, 0.2) is 24.3 Å². The highest BCUT2D eigenvalue weighted by Gasteiger charge is 2.25. The van der Waals surface area contributed by atoms with Crippen molar-refractivity contribution in [2.75, 3.05) is 5.32 Å². The second-order valence-electron chi connectivity index (χ2n) is 5.30. The lowest BCUT2D eigenvalue weighted by Crippen LogP contribution is -2.45. The minimum absolute atomic E-state index is 0.104. The van der Waals surface area contributed by atoms with Crippen molar-refractivity contribution in [3.8, 4) is 0 Å². The molecule has 0 aromatic heterocycles. The van der Waals surface area contributed by atoms with Gasteiger partial charge in [-0.25, -0.2) is 0 Å². The molecule has 0 heterocycles. The van der Waals surface area contributed by atoms with Crippen molar-refractivity contribution in [3.05, 3.63) is 29.3 Å². The lowest BCUT2D eigenvalue weighted by molar-refractivity contribution is -0.137. The second-order valence-corrected chi connectivity index (χ2v) is 5.74. The van der Waals surface area contributed by atoms with E-state index in [0.29, 0.717) is 16.6 Å². The van der Waals surface area contributed by atoms with Crippen molar-refractivity contribution >= 4 is 29.1 Å². The number of carbonyl (C=O) groups excluding carboxylic acids is 2. The highest BCUT2D eigenvalue weighted by molar-refractivity contribution is 6.39. The van der Waals surface area contributed by atoms with E-state index in [1.165, 1.54) is 6.42 Å². The molecule has 0 aliphatic heterocycles. The fraction of sp³-hybridized carbons (Fsp3) is 0.467. The van der Waals surface area contributed by atoms with E-state index < -0.39 is 11.8 Å². The molecule has 108 valence electrons. The van der Waals surface area contributed by atoms with E-state index in [2.05, 4.69) is 17.6 Å². The van der Waals surface area contributed by atoms with Gasteiger partial charge in [0.25, 0.3) is 0 Å². The lowest BCUT2D eigenvalue weighted by atomic mass is 9.86. The normalized spacial score (nSPS) is 22.1. The van der Waals surface area contributed by atoms with Gasteiger partial charge >= 0.3 is 11.8 Å². The molecule has 1 fully saturated rings. The van der Waals surface area contributed by atoms with Crippen LogP contribution < -0.4 is 10.6 Å². The Morgan fingerprint density at radius 1 is 1.10 bits per heavy atom. The molecule has 20 heavy (non-hydrogen) atoms. The first-order valence-corrected chi connectivity index (χ1v) is 7.31. The first-order valence-electron chi connectivity index (χ1n) is 6.93. The summed E-state index contributed by atoms with van der Waals surface area (Å²) in [5.41, 5.74) is 0.561. The molecule has 1 aliphatic carbocycles. The quantitative estimate of drug-likeness (QED) is 0.824. The van der Waals surface area contributed by atoms with Gasteiger partial charge in [0.2, 0.25) is 0 Å². The Morgan fingerprint density at radius 2 is 1.75 bits per heavy atom.